The first-order chi connectivity index (χ1) is 12.6. The summed E-state index contributed by atoms with van der Waals surface area (Å²) in [6, 6.07) is 3.99. The number of primary amides is 1. The predicted octanol–water partition coefficient (Wildman–Crippen LogP) is 1.47. The number of carbonyl (C=O) groups excluding carboxylic acids is 1. The van der Waals surface area contributed by atoms with Gasteiger partial charge in [-0.1, -0.05) is 18.9 Å². The molecule has 3 heterocycles. The molecule has 7 heteroatoms. The number of rotatable bonds is 4. The number of nitrogens with two attached hydrogens (primary N) is 2. The van der Waals surface area contributed by atoms with E-state index in [1.807, 2.05) is 6.07 Å². The molecule has 0 radical (unpaired) electrons. The van der Waals surface area contributed by atoms with Crippen LogP contribution in [0, 0.1) is 5.92 Å². The zero-order valence-electron chi connectivity index (χ0n) is 15.4. The molecule has 0 spiro atoms. The van der Waals surface area contributed by atoms with Crippen LogP contribution in [0.15, 0.2) is 23.3 Å². The quantitative estimate of drug-likeness (QED) is 0.627. The summed E-state index contributed by atoms with van der Waals surface area (Å²) in [5.74, 6) is 1.37. The van der Waals surface area contributed by atoms with E-state index in [-0.39, 0.29) is 11.8 Å². The minimum Gasteiger partial charge on any atom is -0.370 e. The molecule has 26 heavy (non-hydrogen) atoms. The Hall–Kier alpha value is -2.31. The number of piperidine rings is 1. The van der Waals surface area contributed by atoms with Gasteiger partial charge in [-0.25, -0.2) is 9.98 Å². The molecule has 2 aliphatic rings. The number of likely N-dealkylation sites (tertiary alicyclic amines) is 1. The van der Waals surface area contributed by atoms with Crippen LogP contribution in [0.5, 0.6) is 0 Å². The standard InChI is InChI=1S/C19H30N6O/c20-17(26)15-7-12-24(13-8-15)18-16(6-5-9-22-18)14-23-19(21)25-10-3-1-2-4-11-25/h5-6,9,15H,1-4,7-8,10-14H2,(H2,20,26)(H2,21,23). The highest BCUT2D eigenvalue weighted by atomic mass is 16.1. The zero-order valence-corrected chi connectivity index (χ0v) is 15.4. The molecule has 0 aliphatic carbocycles. The first-order valence-corrected chi connectivity index (χ1v) is 9.68. The largest absolute Gasteiger partial charge is 0.370 e. The summed E-state index contributed by atoms with van der Waals surface area (Å²) in [4.78, 5) is 25.0. The van der Waals surface area contributed by atoms with Crippen LogP contribution < -0.4 is 16.4 Å². The van der Waals surface area contributed by atoms with Crippen molar-refractivity contribution in [3.05, 3.63) is 23.9 Å². The van der Waals surface area contributed by atoms with Gasteiger partial charge in [0.05, 0.1) is 6.54 Å². The van der Waals surface area contributed by atoms with E-state index in [9.17, 15) is 4.79 Å². The fourth-order valence-corrected chi connectivity index (χ4v) is 3.78. The molecule has 2 fully saturated rings. The van der Waals surface area contributed by atoms with Crippen LogP contribution in [0.25, 0.3) is 0 Å². The highest BCUT2D eigenvalue weighted by Gasteiger charge is 2.25. The highest BCUT2D eigenvalue weighted by molar-refractivity contribution is 5.78. The number of nitrogens with zero attached hydrogens (tertiary/aromatic N) is 4. The maximum absolute atomic E-state index is 11.4. The molecular formula is C19H30N6O. The molecule has 142 valence electrons. The fraction of sp³-hybridized carbons (Fsp3) is 0.632. The summed E-state index contributed by atoms with van der Waals surface area (Å²) >= 11 is 0. The predicted molar refractivity (Wildman–Crippen MR) is 104 cm³/mol. The van der Waals surface area contributed by atoms with Gasteiger partial charge in [-0.15, -0.1) is 0 Å². The van der Waals surface area contributed by atoms with Crippen LogP contribution in [0.4, 0.5) is 5.82 Å². The Balaban J connectivity index is 1.65. The first-order valence-electron chi connectivity index (χ1n) is 9.68. The van der Waals surface area contributed by atoms with Crippen molar-refractivity contribution in [2.45, 2.75) is 45.1 Å². The van der Waals surface area contributed by atoms with E-state index in [0.29, 0.717) is 12.5 Å². The lowest BCUT2D eigenvalue weighted by molar-refractivity contribution is -0.122. The Kier molecular flexibility index (Phi) is 6.30. The van der Waals surface area contributed by atoms with Crippen LogP contribution in [0.3, 0.4) is 0 Å². The smallest absolute Gasteiger partial charge is 0.220 e. The summed E-state index contributed by atoms with van der Waals surface area (Å²) in [7, 11) is 0. The van der Waals surface area contributed by atoms with Crippen LogP contribution in [0.2, 0.25) is 0 Å². The third-order valence-corrected chi connectivity index (χ3v) is 5.41. The molecular weight excluding hydrogens is 328 g/mol. The molecule has 0 unspecified atom stereocenters. The lowest BCUT2D eigenvalue weighted by atomic mass is 9.96. The Labute approximate surface area is 155 Å². The number of aromatic nitrogens is 1. The Morgan fingerprint density at radius 3 is 2.46 bits per heavy atom. The second kappa shape index (κ2) is 8.87. The SMILES string of the molecule is NC(=O)C1CCN(c2ncccc2CN=C(N)N2CCCCCC2)CC1. The van der Waals surface area contributed by atoms with Gasteiger partial charge in [0, 0.05) is 43.9 Å². The molecule has 0 bridgehead atoms. The van der Waals surface area contributed by atoms with Gasteiger partial charge in [-0.3, -0.25) is 4.79 Å². The Bertz CT molecular complexity index is 631. The second-order valence-electron chi connectivity index (χ2n) is 7.23. The normalized spacial score (nSPS) is 20.1. The van der Waals surface area contributed by atoms with E-state index in [1.54, 1.807) is 6.20 Å². The number of amides is 1. The number of hydrogen-bond donors (Lipinski definition) is 2. The average molecular weight is 358 g/mol. The van der Waals surface area contributed by atoms with Crippen molar-refractivity contribution >= 4 is 17.7 Å². The summed E-state index contributed by atoms with van der Waals surface area (Å²) in [6.07, 6.45) is 8.29. The number of pyridine rings is 1. The number of hydrogen-bond acceptors (Lipinski definition) is 4. The molecule has 0 aromatic carbocycles. The van der Waals surface area contributed by atoms with Crippen LogP contribution in [0.1, 0.15) is 44.1 Å². The zero-order chi connectivity index (χ0) is 18.4. The van der Waals surface area contributed by atoms with E-state index in [4.69, 9.17) is 11.5 Å². The number of guanidine groups is 1. The molecule has 0 saturated carbocycles. The molecule has 2 aliphatic heterocycles. The minimum absolute atomic E-state index is 0.0184. The molecule has 0 atom stereocenters. The third kappa shape index (κ3) is 4.65. The molecule has 4 N–H and O–H groups in total. The van der Waals surface area contributed by atoms with E-state index in [1.165, 1.54) is 25.7 Å². The van der Waals surface area contributed by atoms with Crippen molar-refractivity contribution in [1.29, 1.82) is 0 Å². The van der Waals surface area contributed by atoms with Crippen molar-refractivity contribution < 1.29 is 4.79 Å². The van der Waals surface area contributed by atoms with Gasteiger partial charge in [0.25, 0.3) is 0 Å². The molecule has 7 nitrogen and oxygen atoms in total. The Morgan fingerprint density at radius 1 is 1.12 bits per heavy atom. The topological polar surface area (TPSA) is 101 Å². The van der Waals surface area contributed by atoms with Gasteiger partial charge in [0.1, 0.15) is 5.82 Å². The van der Waals surface area contributed by atoms with Crippen LogP contribution in [-0.4, -0.2) is 47.9 Å². The van der Waals surface area contributed by atoms with E-state index in [2.05, 4.69) is 25.8 Å². The molecule has 2 saturated heterocycles. The van der Waals surface area contributed by atoms with E-state index < -0.39 is 0 Å². The van der Waals surface area contributed by atoms with Gasteiger partial charge in [0.15, 0.2) is 5.96 Å². The minimum atomic E-state index is -0.194. The van der Waals surface area contributed by atoms with Crippen molar-refractivity contribution in [1.82, 2.24) is 9.88 Å². The molecule has 1 amide bonds. The first kappa shape index (κ1) is 18.5. The van der Waals surface area contributed by atoms with Crippen molar-refractivity contribution in [2.24, 2.45) is 22.4 Å². The molecule has 1 aromatic rings. The third-order valence-electron chi connectivity index (χ3n) is 5.41. The lowest BCUT2D eigenvalue weighted by Gasteiger charge is -2.32. The van der Waals surface area contributed by atoms with Gasteiger partial charge in [-0.2, -0.15) is 0 Å². The van der Waals surface area contributed by atoms with Crippen LogP contribution >= 0.6 is 0 Å². The summed E-state index contributed by atoms with van der Waals surface area (Å²) in [5, 5.41) is 0. The van der Waals surface area contributed by atoms with Crippen molar-refractivity contribution in [3.8, 4) is 0 Å². The summed E-state index contributed by atoms with van der Waals surface area (Å²) in [5.41, 5.74) is 12.7. The summed E-state index contributed by atoms with van der Waals surface area (Å²) < 4.78 is 0. The fourth-order valence-electron chi connectivity index (χ4n) is 3.78. The highest BCUT2D eigenvalue weighted by Crippen LogP contribution is 2.25. The monoisotopic (exact) mass is 358 g/mol. The number of carbonyl (C=O) groups is 1. The molecule has 3 rings (SSSR count). The van der Waals surface area contributed by atoms with Crippen LogP contribution in [-0.2, 0) is 11.3 Å². The number of aliphatic imine (C=N–C) groups is 1. The Morgan fingerprint density at radius 2 is 1.81 bits per heavy atom. The maximum atomic E-state index is 11.4. The van der Waals surface area contributed by atoms with E-state index >= 15 is 0 Å². The summed E-state index contributed by atoms with van der Waals surface area (Å²) in [6.45, 7) is 4.11. The maximum Gasteiger partial charge on any atom is 0.220 e. The van der Waals surface area contributed by atoms with Gasteiger partial charge < -0.3 is 21.3 Å². The lowest BCUT2D eigenvalue weighted by Crippen LogP contribution is -2.39. The number of anilines is 1. The molecule has 1 aromatic heterocycles. The van der Waals surface area contributed by atoms with Gasteiger partial charge >= 0.3 is 0 Å². The second-order valence-corrected chi connectivity index (χ2v) is 7.23. The van der Waals surface area contributed by atoms with Crippen molar-refractivity contribution in [3.63, 3.8) is 0 Å². The van der Waals surface area contributed by atoms with E-state index in [0.717, 1.165) is 50.4 Å². The average Bonchev–Trinajstić information content (AvgIpc) is 2.96. The van der Waals surface area contributed by atoms with Crippen molar-refractivity contribution in [2.75, 3.05) is 31.1 Å². The van der Waals surface area contributed by atoms with Gasteiger partial charge in [-0.05, 0) is 31.7 Å². The van der Waals surface area contributed by atoms with Gasteiger partial charge in [0.2, 0.25) is 5.91 Å².